The van der Waals surface area contributed by atoms with Gasteiger partial charge in [-0.15, -0.1) is 0 Å². The van der Waals surface area contributed by atoms with Gasteiger partial charge in [-0.2, -0.15) is 0 Å². The number of aliphatic hydroxyl groups is 1. The Bertz CT molecular complexity index is 750. The van der Waals surface area contributed by atoms with Crippen molar-refractivity contribution in [2.45, 2.75) is 5.79 Å². The molecule has 1 N–H and O–H groups in total. The minimum absolute atomic E-state index is 0.212. The lowest BCUT2D eigenvalue weighted by molar-refractivity contribution is -0.140. The number of benzene rings is 1. The lowest BCUT2D eigenvalue weighted by Gasteiger charge is -2.31. The minimum Gasteiger partial charge on any atom is -0.511 e. The van der Waals surface area contributed by atoms with E-state index >= 15 is 0 Å². The number of ether oxygens (including phenoxy) is 5. The molecule has 1 aromatic rings. The van der Waals surface area contributed by atoms with Gasteiger partial charge in [0.15, 0.2) is 5.78 Å². The van der Waals surface area contributed by atoms with Gasteiger partial charge < -0.3 is 28.8 Å². The van der Waals surface area contributed by atoms with Crippen molar-refractivity contribution in [2.24, 2.45) is 5.92 Å². The SMILES string of the molecule is COC1=CC(OC)(OC)C=C(O)C1C(=O)/C=C/c1cc(OC)cc(OC)c1. The molecule has 1 atom stereocenters. The Morgan fingerprint density at radius 2 is 1.56 bits per heavy atom. The molecule has 0 heterocycles. The van der Waals surface area contributed by atoms with Gasteiger partial charge in [-0.25, -0.2) is 0 Å². The Morgan fingerprint density at radius 1 is 0.963 bits per heavy atom. The highest BCUT2D eigenvalue weighted by Gasteiger charge is 2.38. The van der Waals surface area contributed by atoms with E-state index in [1.165, 1.54) is 39.6 Å². The fourth-order valence-corrected chi connectivity index (χ4v) is 2.74. The van der Waals surface area contributed by atoms with Crippen LogP contribution in [-0.4, -0.2) is 52.2 Å². The van der Waals surface area contributed by atoms with E-state index in [0.29, 0.717) is 17.1 Å². The molecule has 0 amide bonds. The number of ketones is 1. The third-order valence-electron chi connectivity index (χ3n) is 4.24. The average molecular weight is 376 g/mol. The van der Waals surface area contributed by atoms with Crippen LogP contribution in [0, 0.1) is 5.92 Å². The molecule has 0 radical (unpaired) electrons. The van der Waals surface area contributed by atoms with Crippen LogP contribution in [0.2, 0.25) is 0 Å². The number of carbonyl (C=O) groups is 1. The first kappa shape index (κ1) is 20.5. The number of hydrogen-bond donors (Lipinski definition) is 1. The van der Waals surface area contributed by atoms with Crippen molar-refractivity contribution < 1.29 is 33.6 Å². The molecule has 0 saturated heterocycles. The molecule has 1 aromatic carbocycles. The summed E-state index contributed by atoms with van der Waals surface area (Å²) in [5.41, 5.74) is 0.713. The van der Waals surface area contributed by atoms with Gasteiger partial charge in [0.1, 0.15) is 28.9 Å². The zero-order valence-corrected chi connectivity index (χ0v) is 16.0. The second-order valence-corrected chi connectivity index (χ2v) is 5.76. The summed E-state index contributed by atoms with van der Waals surface area (Å²) in [6.45, 7) is 0. The number of allylic oxidation sites excluding steroid dienone is 1. The summed E-state index contributed by atoms with van der Waals surface area (Å²) >= 11 is 0. The molecule has 1 aliphatic rings. The monoisotopic (exact) mass is 376 g/mol. The molecule has 7 heteroatoms. The van der Waals surface area contributed by atoms with Gasteiger partial charge in [0.05, 0.1) is 21.3 Å². The van der Waals surface area contributed by atoms with Crippen LogP contribution in [0.1, 0.15) is 5.56 Å². The molecular weight excluding hydrogens is 352 g/mol. The second kappa shape index (κ2) is 8.75. The third-order valence-corrected chi connectivity index (χ3v) is 4.24. The lowest BCUT2D eigenvalue weighted by atomic mass is 9.91. The Balaban J connectivity index is 2.30. The van der Waals surface area contributed by atoms with E-state index in [-0.39, 0.29) is 17.3 Å². The molecule has 7 nitrogen and oxygen atoms in total. The molecule has 1 unspecified atom stereocenters. The Labute approximate surface area is 158 Å². The quantitative estimate of drug-likeness (QED) is 0.552. The minimum atomic E-state index is -1.28. The van der Waals surface area contributed by atoms with E-state index in [0.717, 1.165) is 0 Å². The summed E-state index contributed by atoms with van der Waals surface area (Å²) in [6, 6.07) is 5.25. The Hall–Kier alpha value is -2.77. The van der Waals surface area contributed by atoms with Gasteiger partial charge in [0, 0.05) is 32.4 Å². The van der Waals surface area contributed by atoms with Gasteiger partial charge >= 0.3 is 0 Å². The Kier molecular flexibility index (Phi) is 6.65. The van der Waals surface area contributed by atoms with E-state index < -0.39 is 11.7 Å². The first-order chi connectivity index (χ1) is 12.9. The molecule has 0 spiro atoms. The maximum atomic E-state index is 12.7. The van der Waals surface area contributed by atoms with Crippen molar-refractivity contribution in [3.8, 4) is 11.5 Å². The third kappa shape index (κ3) is 4.50. The molecule has 0 saturated carbocycles. The number of methoxy groups -OCH3 is 5. The van der Waals surface area contributed by atoms with Crippen LogP contribution in [0.15, 0.2) is 47.9 Å². The normalized spacial score (nSPS) is 18.6. The zero-order chi connectivity index (χ0) is 20.0. The fourth-order valence-electron chi connectivity index (χ4n) is 2.74. The van der Waals surface area contributed by atoms with Crippen LogP contribution in [0.5, 0.6) is 11.5 Å². The van der Waals surface area contributed by atoms with Crippen LogP contribution >= 0.6 is 0 Å². The highest BCUT2D eigenvalue weighted by Crippen LogP contribution is 2.33. The van der Waals surface area contributed by atoms with Crippen LogP contribution < -0.4 is 9.47 Å². The van der Waals surface area contributed by atoms with Crippen LogP contribution in [0.25, 0.3) is 6.08 Å². The topological polar surface area (TPSA) is 83.5 Å². The fraction of sp³-hybridized carbons (Fsp3) is 0.350. The maximum absolute atomic E-state index is 12.7. The molecular formula is C20H24O7. The summed E-state index contributed by atoms with van der Waals surface area (Å²) in [5.74, 6) is -1.39. The predicted molar refractivity (Wildman–Crippen MR) is 99.6 cm³/mol. The molecule has 0 fully saturated rings. The summed E-state index contributed by atoms with van der Waals surface area (Å²) in [5, 5.41) is 10.4. The zero-order valence-electron chi connectivity index (χ0n) is 16.0. The van der Waals surface area contributed by atoms with Crippen molar-refractivity contribution in [3.05, 3.63) is 53.5 Å². The molecule has 27 heavy (non-hydrogen) atoms. The lowest BCUT2D eigenvalue weighted by Crippen LogP contribution is -2.36. The highest BCUT2D eigenvalue weighted by atomic mass is 16.7. The van der Waals surface area contributed by atoms with Crippen LogP contribution in [0.4, 0.5) is 0 Å². The second-order valence-electron chi connectivity index (χ2n) is 5.76. The molecule has 2 rings (SSSR count). The molecule has 0 aliphatic heterocycles. The van der Waals surface area contributed by atoms with Gasteiger partial charge in [-0.3, -0.25) is 4.79 Å². The van der Waals surface area contributed by atoms with Crippen molar-refractivity contribution in [3.63, 3.8) is 0 Å². The van der Waals surface area contributed by atoms with E-state index in [4.69, 9.17) is 23.7 Å². The summed E-state index contributed by atoms with van der Waals surface area (Å²) < 4.78 is 26.2. The largest absolute Gasteiger partial charge is 0.511 e. The van der Waals surface area contributed by atoms with Gasteiger partial charge in [0.2, 0.25) is 5.79 Å². The van der Waals surface area contributed by atoms with Crippen molar-refractivity contribution in [1.29, 1.82) is 0 Å². The maximum Gasteiger partial charge on any atom is 0.214 e. The number of aliphatic hydroxyl groups excluding tert-OH is 1. The van der Waals surface area contributed by atoms with E-state index in [1.54, 1.807) is 38.5 Å². The van der Waals surface area contributed by atoms with Gasteiger partial charge in [-0.05, 0) is 23.8 Å². The van der Waals surface area contributed by atoms with Crippen LogP contribution in [-0.2, 0) is 19.0 Å². The number of hydrogen-bond acceptors (Lipinski definition) is 7. The Morgan fingerprint density at radius 3 is 2.04 bits per heavy atom. The molecule has 0 aromatic heterocycles. The highest BCUT2D eigenvalue weighted by molar-refractivity contribution is 5.98. The summed E-state index contributed by atoms with van der Waals surface area (Å²) in [7, 11) is 7.36. The number of rotatable bonds is 8. The summed E-state index contributed by atoms with van der Waals surface area (Å²) in [4.78, 5) is 12.7. The number of carbonyl (C=O) groups excluding carboxylic acids is 1. The molecule has 146 valence electrons. The predicted octanol–water partition coefficient (Wildman–Crippen LogP) is 2.88. The van der Waals surface area contributed by atoms with Gasteiger partial charge in [-0.1, -0.05) is 6.08 Å². The summed E-state index contributed by atoms with van der Waals surface area (Å²) in [6.07, 6.45) is 5.82. The first-order valence-electron chi connectivity index (χ1n) is 8.15. The molecule has 0 bridgehead atoms. The van der Waals surface area contributed by atoms with Crippen LogP contribution in [0.3, 0.4) is 0 Å². The van der Waals surface area contributed by atoms with Crippen molar-refractivity contribution in [2.75, 3.05) is 35.5 Å². The average Bonchev–Trinajstić information content (AvgIpc) is 2.70. The van der Waals surface area contributed by atoms with Gasteiger partial charge in [0.25, 0.3) is 0 Å². The smallest absolute Gasteiger partial charge is 0.214 e. The standard InChI is InChI=1S/C20H24O7/c1-23-14-8-13(9-15(10-14)24-2)6-7-16(21)19-17(22)11-20(26-4,27-5)12-18(19)25-3/h6-12,19,22H,1-5H3/b7-6+. The molecule has 1 aliphatic carbocycles. The van der Waals surface area contributed by atoms with E-state index in [2.05, 4.69) is 0 Å². The van der Waals surface area contributed by atoms with E-state index in [1.807, 2.05) is 0 Å². The van der Waals surface area contributed by atoms with Crippen molar-refractivity contribution in [1.82, 2.24) is 0 Å². The van der Waals surface area contributed by atoms with E-state index in [9.17, 15) is 9.90 Å². The van der Waals surface area contributed by atoms with Crippen molar-refractivity contribution >= 4 is 11.9 Å². The first-order valence-corrected chi connectivity index (χ1v) is 8.15.